The van der Waals surface area contributed by atoms with Crippen LogP contribution in [-0.2, 0) is 4.79 Å². The fourth-order valence-electron chi connectivity index (χ4n) is 1.02. The number of anilines is 1. The first kappa shape index (κ1) is 11.1. The van der Waals surface area contributed by atoms with E-state index in [0.717, 1.165) is 11.4 Å². The van der Waals surface area contributed by atoms with Gasteiger partial charge in [0.1, 0.15) is 5.75 Å². The number of ether oxygens (including phenoxy) is 1. The van der Waals surface area contributed by atoms with Crippen molar-refractivity contribution < 1.29 is 14.6 Å². The van der Waals surface area contributed by atoms with Crippen LogP contribution in [0.1, 0.15) is 0 Å². The molecule has 4 heteroatoms. The highest BCUT2D eigenvalue weighted by Gasteiger charge is 2.03. The standard InChI is InChI=1S/C11H13NO3/c1-8(11(13)14)7-12-9-4-3-5-10(6-9)15-2/h3-6,12H,1,7H2,2H3,(H,13,14). The van der Waals surface area contributed by atoms with Gasteiger partial charge in [0.05, 0.1) is 7.11 Å². The molecule has 0 aliphatic rings. The van der Waals surface area contributed by atoms with Gasteiger partial charge in [-0.25, -0.2) is 4.79 Å². The van der Waals surface area contributed by atoms with Crippen molar-refractivity contribution in [3.63, 3.8) is 0 Å². The first-order valence-corrected chi connectivity index (χ1v) is 4.42. The van der Waals surface area contributed by atoms with E-state index in [4.69, 9.17) is 9.84 Å². The molecule has 1 aromatic rings. The van der Waals surface area contributed by atoms with E-state index in [9.17, 15) is 4.79 Å². The lowest BCUT2D eigenvalue weighted by Crippen LogP contribution is -2.11. The van der Waals surface area contributed by atoms with E-state index in [0.29, 0.717) is 0 Å². The maximum atomic E-state index is 10.5. The Kier molecular flexibility index (Phi) is 3.74. The zero-order valence-electron chi connectivity index (χ0n) is 8.49. The van der Waals surface area contributed by atoms with Gasteiger partial charge >= 0.3 is 5.97 Å². The summed E-state index contributed by atoms with van der Waals surface area (Å²) in [5, 5.41) is 11.5. The molecule has 0 saturated carbocycles. The van der Waals surface area contributed by atoms with Crippen molar-refractivity contribution in [3.8, 4) is 5.75 Å². The highest BCUT2D eigenvalue weighted by molar-refractivity contribution is 5.86. The lowest BCUT2D eigenvalue weighted by molar-refractivity contribution is -0.132. The van der Waals surface area contributed by atoms with E-state index in [1.54, 1.807) is 13.2 Å². The lowest BCUT2D eigenvalue weighted by atomic mass is 10.2. The number of aliphatic carboxylic acids is 1. The van der Waals surface area contributed by atoms with Crippen LogP contribution in [0.5, 0.6) is 5.75 Å². The summed E-state index contributed by atoms with van der Waals surface area (Å²) in [7, 11) is 1.58. The molecule has 1 aromatic carbocycles. The van der Waals surface area contributed by atoms with Crippen molar-refractivity contribution in [1.29, 1.82) is 0 Å². The molecule has 0 amide bonds. The van der Waals surface area contributed by atoms with Gasteiger partial charge in [0.25, 0.3) is 0 Å². The van der Waals surface area contributed by atoms with Gasteiger partial charge in [-0.2, -0.15) is 0 Å². The zero-order valence-corrected chi connectivity index (χ0v) is 8.49. The molecule has 80 valence electrons. The van der Waals surface area contributed by atoms with Crippen molar-refractivity contribution in [2.24, 2.45) is 0 Å². The maximum absolute atomic E-state index is 10.5. The highest BCUT2D eigenvalue weighted by atomic mass is 16.5. The van der Waals surface area contributed by atoms with Crippen molar-refractivity contribution in [2.75, 3.05) is 19.0 Å². The van der Waals surface area contributed by atoms with Crippen LogP contribution in [0, 0.1) is 0 Å². The summed E-state index contributed by atoms with van der Waals surface area (Å²) >= 11 is 0. The van der Waals surface area contributed by atoms with Crippen molar-refractivity contribution >= 4 is 11.7 Å². The molecule has 0 saturated heterocycles. The summed E-state index contributed by atoms with van der Waals surface area (Å²) in [5.74, 6) is -0.272. The van der Waals surface area contributed by atoms with Gasteiger partial charge < -0.3 is 15.2 Å². The first-order chi connectivity index (χ1) is 7.13. The zero-order chi connectivity index (χ0) is 11.3. The number of carboxylic acids is 1. The average Bonchev–Trinajstić information content (AvgIpc) is 2.26. The Labute approximate surface area is 88.2 Å². The Morgan fingerprint density at radius 1 is 1.60 bits per heavy atom. The Morgan fingerprint density at radius 3 is 2.93 bits per heavy atom. The number of hydrogen-bond donors (Lipinski definition) is 2. The molecule has 0 atom stereocenters. The van der Waals surface area contributed by atoms with Crippen molar-refractivity contribution in [1.82, 2.24) is 0 Å². The molecule has 0 fully saturated rings. The summed E-state index contributed by atoms with van der Waals surface area (Å²) in [5.41, 5.74) is 0.926. The van der Waals surface area contributed by atoms with Crippen LogP contribution in [0.2, 0.25) is 0 Å². The predicted octanol–water partition coefficient (Wildman–Crippen LogP) is 1.75. The van der Waals surface area contributed by atoms with Crippen LogP contribution in [-0.4, -0.2) is 24.7 Å². The van der Waals surface area contributed by atoms with Crippen molar-refractivity contribution in [2.45, 2.75) is 0 Å². The molecule has 0 bridgehead atoms. The second-order valence-corrected chi connectivity index (χ2v) is 2.99. The molecule has 2 N–H and O–H groups in total. The minimum absolute atomic E-state index is 0.123. The minimum Gasteiger partial charge on any atom is -0.497 e. The molecule has 0 unspecified atom stereocenters. The van der Waals surface area contributed by atoms with Crippen LogP contribution in [0.15, 0.2) is 36.4 Å². The minimum atomic E-state index is -0.995. The monoisotopic (exact) mass is 207 g/mol. The molecule has 0 heterocycles. The number of carbonyl (C=O) groups is 1. The van der Waals surface area contributed by atoms with E-state index < -0.39 is 5.97 Å². The van der Waals surface area contributed by atoms with Gasteiger partial charge in [-0.3, -0.25) is 0 Å². The van der Waals surface area contributed by atoms with Gasteiger partial charge in [-0.05, 0) is 12.1 Å². The molecule has 0 aliphatic carbocycles. The third kappa shape index (κ3) is 3.34. The Morgan fingerprint density at radius 2 is 2.33 bits per heavy atom. The van der Waals surface area contributed by atoms with E-state index in [-0.39, 0.29) is 12.1 Å². The molecular formula is C11H13NO3. The third-order valence-electron chi connectivity index (χ3n) is 1.88. The summed E-state index contributed by atoms with van der Waals surface area (Å²) in [6.07, 6.45) is 0. The maximum Gasteiger partial charge on any atom is 0.332 e. The Hall–Kier alpha value is -1.97. The fourth-order valence-corrected chi connectivity index (χ4v) is 1.02. The van der Waals surface area contributed by atoms with Crippen LogP contribution in [0.4, 0.5) is 5.69 Å². The Bertz CT molecular complexity index is 374. The van der Waals surface area contributed by atoms with E-state index in [1.807, 2.05) is 18.2 Å². The summed E-state index contributed by atoms with van der Waals surface area (Å²) in [6.45, 7) is 3.63. The molecule has 0 aliphatic heterocycles. The number of methoxy groups -OCH3 is 1. The number of benzene rings is 1. The smallest absolute Gasteiger partial charge is 0.332 e. The van der Waals surface area contributed by atoms with Gasteiger partial charge in [0.15, 0.2) is 0 Å². The molecule has 4 nitrogen and oxygen atoms in total. The Balaban J connectivity index is 2.57. The fraction of sp³-hybridized carbons (Fsp3) is 0.182. The number of carboxylic acid groups (broad SMARTS) is 1. The van der Waals surface area contributed by atoms with Crippen LogP contribution < -0.4 is 10.1 Å². The largest absolute Gasteiger partial charge is 0.497 e. The summed E-state index contributed by atoms with van der Waals surface area (Å²) < 4.78 is 5.03. The lowest BCUT2D eigenvalue weighted by Gasteiger charge is -2.07. The molecule has 0 spiro atoms. The summed E-state index contributed by atoms with van der Waals surface area (Å²) in [4.78, 5) is 10.5. The highest BCUT2D eigenvalue weighted by Crippen LogP contribution is 2.16. The number of rotatable bonds is 5. The van der Waals surface area contributed by atoms with Gasteiger partial charge in [0, 0.05) is 23.9 Å². The first-order valence-electron chi connectivity index (χ1n) is 4.42. The van der Waals surface area contributed by atoms with Gasteiger partial charge in [-0.1, -0.05) is 12.6 Å². The number of hydrogen-bond acceptors (Lipinski definition) is 3. The van der Waals surface area contributed by atoms with Gasteiger partial charge in [-0.15, -0.1) is 0 Å². The summed E-state index contributed by atoms with van der Waals surface area (Å²) in [6, 6.07) is 7.26. The van der Waals surface area contributed by atoms with Crippen LogP contribution >= 0.6 is 0 Å². The molecule has 15 heavy (non-hydrogen) atoms. The predicted molar refractivity (Wildman–Crippen MR) is 58.3 cm³/mol. The molecule has 0 radical (unpaired) electrons. The van der Waals surface area contributed by atoms with E-state index in [2.05, 4.69) is 11.9 Å². The molecule has 0 aromatic heterocycles. The van der Waals surface area contributed by atoms with E-state index in [1.165, 1.54) is 0 Å². The third-order valence-corrected chi connectivity index (χ3v) is 1.88. The topological polar surface area (TPSA) is 58.6 Å². The molecule has 1 rings (SSSR count). The number of nitrogens with one attached hydrogen (secondary N) is 1. The SMILES string of the molecule is C=C(CNc1cccc(OC)c1)C(=O)O. The average molecular weight is 207 g/mol. The van der Waals surface area contributed by atoms with Gasteiger partial charge in [0.2, 0.25) is 0 Å². The van der Waals surface area contributed by atoms with Crippen LogP contribution in [0.3, 0.4) is 0 Å². The molecular weight excluding hydrogens is 194 g/mol. The van der Waals surface area contributed by atoms with E-state index >= 15 is 0 Å². The van der Waals surface area contributed by atoms with Crippen LogP contribution in [0.25, 0.3) is 0 Å². The van der Waals surface area contributed by atoms with Crippen molar-refractivity contribution in [3.05, 3.63) is 36.4 Å². The normalized spacial score (nSPS) is 9.40. The quantitative estimate of drug-likeness (QED) is 0.722. The second kappa shape index (κ2) is 5.05. The second-order valence-electron chi connectivity index (χ2n) is 2.99.